The zero-order valence-corrected chi connectivity index (χ0v) is 14.2. The molecule has 1 aliphatic rings. The van der Waals surface area contributed by atoms with Crippen LogP contribution in [-0.2, 0) is 0 Å². The number of hydrogen-bond donors (Lipinski definition) is 1. The summed E-state index contributed by atoms with van der Waals surface area (Å²) in [5, 5.41) is 11.4. The third kappa shape index (κ3) is 3.37. The number of carbonyl (C=O) groups excluding carboxylic acids is 1. The summed E-state index contributed by atoms with van der Waals surface area (Å²) >= 11 is 0. The molecule has 0 radical (unpaired) electrons. The van der Waals surface area contributed by atoms with Gasteiger partial charge in [0, 0.05) is 43.7 Å². The lowest BCUT2D eigenvalue weighted by molar-refractivity contribution is 0.0556. The number of methoxy groups -OCH3 is 1. The van der Waals surface area contributed by atoms with Gasteiger partial charge in [-0.3, -0.25) is 9.69 Å². The van der Waals surface area contributed by atoms with Gasteiger partial charge < -0.3 is 14.7 Å². The van der Waals surface area contributed by atoms with Crippen molar-refractivity contribution in [2.45, 2.75) is 13.0 Å². The number of benzene rings is 2. The number of piperazine rings is 1. The molecule has 1 saturated heterocycles. The SMILES string of the molecule is COc1ccc(C(=O)N2CCN(C[C@@H](C)O)CC2)c2ccccc12. The molecule has 1 fully saturated rings. The standard InChI is InChI=1S/C19H24N2O3/c1-14(22)13-20-9-11-21(12-10-20)19(23)17-7-8-18(24-2)16-6-4-3-5-15(16)17/h3-8,14,22H,9-13H2,1-2H3/t14-/m1/s1. The van der Waals surface area contributed by atoms with Gasteiger partial charge in [0.1, 0.15) is 5.75 Å². The maximum absolute atomic E-state index is 13.0. The maximum atomic E-state index is 13.0. The van der Waals surface area contributed by atoms with E-state index in [1.54, 1.807) is 14.0 Å². The second kappa shape index (κ2) is 7.20. The molecule has 0 unspecified atom stereocenters. The number of carbonyl (C=O) groups is 1. The first-order valence-electron chi connectivity index (χ1n) is 8.35. The van der Waals surface area contributed by atoms with E-state index >= 15 is 0 Å². The quantitative estimate of drug-likeness (QED) is 0.932. The van der Waals surface area contributed by atoms with Crippen LogP contribution in [0.2, 0.25) is 0 Å². The molecular formula is C19H24N2O3. The van der Waals surface area contributed by atoms with Crippen LogP contribution in [0.4, 0.5) is 0 Å². The van der Waals surface area contributed by atoms with Gasteiger partial charge in [-0.15, -0.1) is 0 Å². The minimum atomic E-state index is -0.335. The number of hydrogen-bond acceptors (Lipinski definition) is 4. The maximum Gasteiger partial charge on any atom is 0.254 e. The van der Waals surface area contributed by atoms with Crippen LogP contribution >= 0.6 is 0 Å². The highest BCUT2D eigenvalue weighted by atomic mass is 16.5. The van der Waals surface area contributed by atoms with Crippen LogP contribution in [0.5, 0.6) is 5.75 Å². The lowest BCUT2D eigenvalue weighted by Crippen LogP contribution is -2.50. The fourth-order valence-electron chi connectivity index (χ4n) is 3.31. The second-order valence-electron chi connectivity index (χ2n) is 6.30. The Morgan fingerprint density at radius 3 is 2.42 bits per heavy atom. The molecular weight excluding hydrogens is 304 g/mol. The van der Waals surface area contributed by atoms with Crippen LogP contribution in [-0.4, -0.2) is 66.8 Å². The molecule has 5 nitrogen and oxygen atoms in total. The average Bonchev–Trinajstić information content (AvgIpc) is 2.60. The van der Waals surface area contributed by atoms with Crippen molar-refractivity contribution in [1.82, 2.24) is 9.80 Å². The highest BCUT2D eigenvalue weighted by Gasteiger charge is 2.24. The zero-order chi connectivity index (χ0) is 17.1. The van der Waals surface area contributed by atoms with E-state index in [2.05, 4.69) is 4.90 Å². The van der Waals surface area contributed by atoms with Crippen molar-refractivity contribution in [3.05, 3.63) is 42.0 Å². The van der Waals surface area contributed by atoms with Crippen molar-refractivity contribution in [2.75, 3.05) is 39.8 Å². The van der Waals surface area contributed by atoms with Crippen LogP contribution in [0.25, 0.3) is 10.8 Å². The molecule has 0 saturated carbocycles. The van der Waals surface area contributed by atoms with Gasteiger partial charge >= 0.3 is 0 Å². The molecule has 1 N–H and O–H groups in total. The highest BCUT2D eigenvalue weighted by Crippen LogP contribution is 2.29. The Morgan fingerprint density at radius 2 is 1.79 bits per heavy atom. The van der Waals surface area contributed by atoms with E-state index in [0.717, 1.165) is 35.2 Å². The molecule has 5 heteroatoms. The van der Waals surface area contributed by atoms with E-state index in [-0.39, 0.29) is 12.0 Å². The van der Waals surface area contributed by atoms with Crippen molar-refractivity contribution < 1.29 is 14.6 Å². The van der Waals surface area contributed by atoms with Gasteiger partial charge in [-0.05, 0) is 24.4 Å². The predicted octanol–water partition coefficient (Wildman–Crippen LogP) is 1.99. The molecule has 0 aromatic heterocycles. The normalized spacial score (nSPS) is 17.0. The summed E-state index contributed by atoms with van der Waals surface area (Å²) in [4.78, 5) is 17.1. The second-order valence-corrected chi connectivity index (χ2v) is 6.30. The topological polar surface area (TPSA) is 53.0 Å². The van der Waals surface area contributed by atoms with Crippen molar-refractivity contribution in [3.63, 3.8) is 0 Å². The van der Waals surface area contributed by atoms with E-state index in [1.165, 1.54) is 0 Å². The predicted molar refractivity (Wildman–Crippen MR) is 94.5 cm³/mol. The Balaban J connectivity index is 1.80. The molecule has 1 aliphatic heterocycles. The minimum Gasteiger partial charge on any atom is -0.496 e. The molecule has 1 heterocycles. The van der Waals surface area contributed by atoms with Crippen LogP contribution < -0.4 is 4.74 Å². The largest absolute Gasteiger partial charge is 0.496 e. The third-order valence-corrected chi connectivity index (χ3v) is 4.52. The Morgan fingerprint density at radius 1 is 1.12 bits per heavy atom. The number of amides is 1. The van der Waals surface area contributed by atoms with E-state index in [4.69, 9.17) is 4.74 Å². The Bertz CT molecular complexity index is 722. The van der Waals surface area contributed by atoms with Crippen LogP contribution in [0, 0.1) is 0 Å². The van der Waals surface area contributed by atoms with Gasteiger partial charge in [-0.1, -0.05) is 24.3 Å². The number of ether oxygens (including phenoxy) is 1. The Labute approximate surface area is 142 Å². The van der Waals surface area contributed by atoms with E-state index in [0.29, 0.717) is 19.6 Å². The summed E-state index contributed by atoms with van der Waals surface area (Å²) in [5.41, 5.74) is 0.718. The Kier molecular flexibility index (Phi) is 5.02. The number of β-amino-alcohol motifs (C(OH)–C–C–N with tert-alkyl or cyclic N) is 1. The first kappa shape index (κ1) is 16.7. The molecule has 1 atom stereocenters. The molecule has 2 aromatic rings. The van der Waals surface area contributed by atoms with Crippen molar-refractivity contribution >= 4 is 16.7 Å². The highest BCUT2D eigenvalue weighted by molar-refractivity contribution is 6.08. The molecule has 0 bridgehead atoms. The summed E-state index contributed by atoms with van der Waals surface area (Å²) in [6, 6.07) is 11.6. The number of fused-ring (bicyclic) bond motifs is 1. The van der Waals surface area contributed by atoms with Crippen LogP contribution in [0.15, 0.2) is 36.4 Å². The first-order valence-corrected chi connectivity index (χ1v) is 8.35. The summed E-state index contributed by atoms with van der Waals surface area (Å²) in [6.07, 6.45) is -0.335. The monoisotopic (exact) mass is 328 g/mol. The first-order chi connectivity index (χ1) is 11.6. The molecule has 0 spiro atoms. The van der Waals surface area contributed by atoms with Crippen LogP contribution in [0.3, 0.4) is 0 Å². The smallest absolute Gasteiger partial charge is 0.254 e. The lowest BCUT2D eigenvalue weighted by atomic mass is 10.0. The molecule has 2 aromatic carbocycles. The Hall–Kier alpha value is -2.11. The van der Waals surface area contributed by atoms with Gasteiger partial charge in [0.2, 0.25) is 0 Å². The van der Waals surface area contributed by atoms with Gasteiger partial charge in [0.05, 0.1) is 13.2 Å². The van der Waals surface area contributed by atoms with E-state index in [1.807, 2.05) is 41.3 Å². The minimum absolute atomic E-state index is 0.0607. The van der Waals surface area contributed by atoms with E-state index in [9.17, 15) is 9.90 Å². The summed E-state index contributed by atoms with van der Waals surface area (Å²) in [6.45, 7) is 5.42. The number of aliphatic hydroxyl groups excluding tert-OH is 1. The van der Waals surface area contributed by atoms with Gasteiger partial charge in [-0.2, -0.15) is 0 Å². The van der Waals surface area contributed by atoms with Crippen molar-refractivity contribution in [1.29, 1.82) is 0 Å². The number of rotatable bonds is 4. The van der Waals surface area contributed by atoms with Gasteiger partial charge in [0.25, 0.3) is 5.91 Å². The summed E-state index contributed by atoms with van der Waals surface area (Å²) < 4.78 is 5.40. The van der Waals surface area contributed by atoms with Gasteiger partial charge in [-0.25, -0.2) is 0 Å². The fourth-order valence-corrected chi connectivity index (χ4v) is 3.31. The third-order valence-electron chi connectivity index (χ3n) is 4.52. The lowest BCUT2D eigenvalue weighted by Gasteiger charge is -2.35. The van der Waals surface area contributed by atoms with Crippen molar-refractivity contribution in [3.8, 4) is 5.75 Å². The molecule has 128 valence electrons. The molecule has 3 rings (SSSR count). The van der Waals surface area contributed by atoms with Gasteiger partial charge in [0.15, 0.2) is 0 Å². The summed E-state index contributed by atoms with van der Waals surface area (Å²) in [5.74, 6) is 0.842. The average molecular weight is 328 g/mol. The molecule has 0 aliphatic carbocycles. The zero-order valence-electron chi connectivity index (χ0n) is 14.2. The van der Waals surface area contributed by atoms with Crippen molar-refractivity contribution in [2.24, 2.45) is 0 Å². The van der Waals surface area contributed by atoms with E-state index < -0.39 is 0 Å². The van der Waals surface area contributed by atoms with Crippen LogP contribution in [0.1, 0.15) is 17.3 Å². The molecule has 1 amide bonds. The fraction of sp³-hybridized carbons (Fsp3) is 0.421. The number of nitrogens with zero attached hydrogens (tertiary/aromatic N) is 2. The summed E-state index contributed by atoms with van der Waals surface area (Å²) in [7, 11) is 1.64. The molecule has 24 heavy (non-hydrogen) atoms. The number of aliphatic hydroxyl groups is 1.